The lowest BCUT2D eigenvalue weighted by atomic mass is 9.65. The number of aromatic nitrogens is 1. The van der Waals surface area contributed by atoms with Crippen LogP contribution < -0.4 is 0 Å². The fourth-order valence-corrected chi connectivity index (χ4v) is 5.70. The average Bonchev–Trinajstić information content (AvgIpc) is 3.17. The van der Waals surface area contributed by atoms with E-state index in [1.165, 1.54) is 0 Å². The van der Waals surface area contributed by atoms with Crippen molar-refractivity contribution in [3.63, 3.8) is 0 Å². The van der Waals surface area contributed by atoms with Crippen molar-refractivity contribution in [2.45, 2.75) is 50.9 Å². The fraction of sp³-hybridized carbons (Fsp3) is 0.310. The molecule has 34 heavy (non-hydrogen) atoms. The van der Waals surface area contributed by atoms with Gasteiger partial charge in [-0.05, 0) is 61.4 Å². The number of aliphatic carboxylic acids is 1. The lowest BCUT2D eigenvalue weighted by molar-refractivity contribution is -0.145. The maximum atomic E-state index is 12.6. The third-order valence-electron chi connectivity index (χ3n) is 7.48. The highest BCUT2D eigenvalue weighted by molar-refractivity contribution is 6.08. The van der Waals surface area contributed by atoms with Gasteiger partial charge in [-0.25, -0.2) is 4.68 Å². The van der Waals surface area contributed by atoms with Crippen molar-refractivity contribution < 1.29 is 15.0 Å². The number of rotatable bonds is 6. The Balaban J connectivity index is 1.60. The average molecular weight is 455 g/mol. The smallest absolute Gasteiger partial charge is 0.314 e. The van der Waals surface area contributed by atoms with Gasteiger partial charge in [0.05, 0.1) is 22.7 Å². The van der Waals surface area contributed by atoms with Crippen LogP contribution in [0.1, 0.15) is 56.6 Å². The Hall–Kier alpha value is -3.60. The molecule has 1 aliphatic rings. The van der Waals surface area contributed by atoms with Crippen LogP contribution in [0, 0.1) is 5.92 Å². The number of phenolic OH excluding ortho intramolecular Hbond substituents is 1. The minimum atomic E-state index is -0.958. The van der Waals surface area contributed by atoms with E-state index in [2.05, 4.69) is 19.1 Å². The Kier molecular flexibility index (Phi) is 5.86. The molecule has 1 heterocycles. The monoisotopic (exact) mass is 454 g/mol. The summed E-state index contributed by atoms with van der Waals surface area (Å²) in [4.78, 5) is 12.6. The minimum Gasteiger partial charge on any atom is -0.508 e. The van der Waals surface area contributed by atoms with E-state index in [0.717, 1.165) is 53.1 Å². The number of carboxylic acids is 1. The molecule has 5 heteroatoms. The first-order chi connectivity index (χ1) is 16.5. The lowest BCUT2D eigenvalue weighted by Gasteiger charge is -2.38. The highest BCUT2D eigenvalue weighted by Crippen LogP contribution is 2.44. The second-order valence-corrected chi connectivity index (χ2v) is 9.48. The van der Waals surface area contributed by atoms with Gasteiger partial charge in [0.15, 0.2) is 0 Å². The van der Waals surface area contributed by atoms with Crippen molar-refractivity contribution >= 4 is 34.0 Å². The molecule has 0 atom stereocenters. The summed E-state index contributed by atoms with van der Waals surface area (Å²) >= 11 is 0. The van der Waals surface area contributed by atoms with E-state index in [0.29, 0.717) is 24.3 Å². The van der Waals surface area contributed by atoms with Crippen molar-refractivity contribution in [3.8, 4) is 5.75 Å². The molecule has 1 saturated carbocycles. The molecule has 0 saturated heterocycles. The van der Waals surface area contributed by atoms with Gasteiger partial charge in [0.1, 0.15) is 5.75 Å². The maximum Gasteiger partial charge on any atom is 0.314 e. The van der Waals surface area contributed by atoms with Crippen LogP contribution in [0.4, 0.5) is 0 Å². The predicted octanol–water partition coefficient (Wildman–Crippen LogP) is 6.70. The van der Waals surface area contributed by atoms with E-state index in [-0.39, 0.29) is 5.75 Å². The summed E-state index contributed by atoms with van der Waals surface area (Å²) in [6.45, 7) is 2.18. The van der Waals surface area contributed by atoms with Crippen molar-refractivity contribution in [1.29, 1.82) is 0 Å². The summed E-state index contributed by atoms with van der Waals surface area (Å²) in [7, 11) is 0. The number of phenols is 1. The highest BCUT2D eigenvalue weighted by atomic mass is 16.4. The van der Waals surface area contributed by atoms with Crippen molar-refractivity contribution in [3.05, 3.63) is 77.9 Å². The summed E-state index contributed by atoms with van der Waals surface area (Å²) in [5.41, 5.74) is 2.39. The number of aromatic hydroxyl groups is 1. The minimum absolute atomic E-state index is 0.104. The Morgan fingerprint density at radius 1 is 1.03 bits per heavy atom. The van der Waals surface area contributed by atoms with Crippen LogP contribution in [0.25, 0.3) is 21.8 Å². The third kappa shape index (κ3) is 3.75. The molecule has 0 bridgehead atoms. The molecule has 1 aliphatic carbocycles. The van der Waals surface area contributed by atoms with Crippen LogP contribution in [0.15, 0.2) is 71.8 Å². The van der Waals surface area contributed by atoms with Gasteiger partial charge in [-0.1, -0.05) is 62.2 Å². The number of carboxylic acid groups (broad SMARTS) is 1. The van der Waals surface area contributed by atoms with Gasteiger partial charge < -0.3 is 10.2 Å². The number of carbonyl (C=O) groups is 1. The first kappa shape index (κ1) is 22.2. The molecule has 0 radical (unpaired) electrons. The van der Waals surface area contributed by atoms with Crippen molar-refractivity contribution in [1.82, 2.24) is 4.68 Å². The van der Waals surface area contributed by atoms with Crippen LogP contribution in [0.2, 0.25) is 0 Å². The van der Waals surface area contributed by atoms with Gasteiger partial charge >= 0.3 is 5.97 Å². The van der Waals surface area contributed by atoms with Crippen LogP contribution in [0.5, 0.6) is 5.75 Å². The number of fused-ring (bicyclic) bond motifs is 3. The van der Waals surface area contributed by atoms with E-state index in [9.17, 15) is 15.0 Å². The summed E-state index contributed by atoms with van der Waals surface area (Å²) in [6.07, 6.45) is 7.00. The fourth-order valence-electron chi connectivity index (χ4n) is 5.70. The largest absolute Gasteiger partial charge is 0.508 e. The molecule has 0 spiro atoms. The molecule has 4 aromatic rings. The predicted molar refractivity (Wildman–Crippen MR) is 137 cm³/mol. The van der Waals surface area contributed by atoms with E-state index >= 15 is 0 Å². The molecule has 5 nitrogen and oxygen atoms in total. The van der Waals surface area contributed by atoms with Crippen LogP contribution in [-0.4, -0.2) is 27.1 Å². The van der Waals surface area contributed by atoms with Gasteiger partial charge in [-0.3, -0.25) is 4.79 Å². The van der Waals surface area contributed by atoms with Crippen molar-refractivity contribution in [2.24, 2.45) is 11.0 Å². The molecular weight excluding hydrogens is 424 g/mol. The number of nitrogens with zero attached hydrogens (tertiary/aromatic N) is 2. The van der Waals surface area contributed by atoms with Crippen LogP contribution in [-0.2, 0) is 10.2 Å². The summed E-state index contributed by atoms with van der Waals surface area (Å²) in [5.74, 6) is -0.100. The molecule has 3 aromatic carbocycles. The second kappa shape index (κ2) is 8.98. The summed E-state index contributed by atoms with van der Waals surface area (Å²) in [6, 6.07) is 21.2. The zero-order chi connectivity index (χ0) is 23.7. The molecule has 1 fully saturated rings. The third-order valence-corrected chi connectivity index (χ3v) is 7.48. The Labute approximate surface area is 199 Å². The molecular formula is C29H30N2O3. The van der Waals surface area contributed by atoms with Gasteiger partial charge in [0, 0.05) is 16.3 Å². The molecule has 174 valence electrons. The van der Waals surface area contributed by atoms with Gasteiger partial charge in [-0.2, -0.15) is 5.10 Å². The molecule has 0 amide bonds. The number of para-hydroxylation sites is 2. The van der Waals surface area contributed by atoms with Gasteiger partial charge in [0.2, 0.25) is 0 Å². The Morgan fingerprint density at radius 2 is 1.65 bits per heavy atom. The maximum absolute atomic E-state index is 12.6. The highest BCUT2D eigenvalue weighted by Gasteiger charge is 2.44. The lowest BCUT2D eigenvalue weighted by Crippen LogP contribution is -2.40. The first-order valence-electron chi connectivity index (χ1n) is 12.1. The number of hydrogen-bond acceptors (Lipinski definition) is 3. The topological polar surface area (TPSA) is 74.8 Å². The van der Waals surface area contributed by atoms with E-state index in [1.807, 2.05) is 41.1 Å². The van der Waals surface area contributed by atoms with Gasteiger partial charge in [0.25, 0.3) is 0 Å². The summed E-state index contributed by atoms with van der Waals surface area (Å²) in [5, 5.41) is 27.7. The van der Waals surface area contributed by atoms with Crippen molar-refractivity contribution in [2.75, 3.05) is 0 Å². The number of benzene rings is 3. The normalized spacial score (nSPS) is 20.9. The van der Waals surface area contributed by atoms with E-state index in [1.54, 1.807) is 24.4 Å². The Morgan fingerprint density at radius 3 is 2.24 bits per heavy atom. The zero-order valence-corrected chi connectivity index (χ0v) is 19.4. The SMILES string of the molecule is CCCC1CCC(C(=O)O)(c2ccc(O)cc2/C=N/n2c3ccccc3c3ccccc32)CC1. The molecule has 1 aromatic heterocycles. The zero-order valence-electron chi connectivity index (χ0n) is 19.4. The van der Waals surface area contributed by atoms with E-state index < -0.39 is 11.4 Å². The standard InChI is InChI=1S/C29H30N2O3/c1-2-7-20-14-16-29(17-15-20,28(33)34)25-13-12-22(32)18-21(25)19-30-31-26-10-5-3-8-23(26)24-9-4-6-11-27(24)31/h3-6,8-13,18-20,32H,2,7,14-17H2,1H3,(H,33,34)/b30-19+. The quantitative estimate of drug-likeness (QED) is 0.319. The summed E-state index contributed by atoms with van der Waals surface area (Å²) < 4.78 is 1.89. The number of hydrogen-bond donors (Lipinski definition) is 2. The van der Waals surface area contributed by atoms with Crippen LogP contribution in [0.3, 0.4) is 0 Å². The van der Waals surface area contributed by atoms with Gasteiger partial charge in [-0.15, -0.1) is 0 Å². The molecule has 0 aliphatic heterocycles. The Bertz CT molecular complexity index is 1320. The van der Waals surface area contributed by atoms with Crippen LogP contribution >= 0.6 is 0 Å². The molecule has 5 rings (SSSR count). The van der Waals surface area contributed by atoms with E-state index in [4.69, 9.17) is 5.10 Å². The molecule has 0 unspecified atom stereocenters. The first-order valence-corrected chi connectivity index (χ1v) is 12.1. The molecule has 2 N–H and O–H groups in total. The second-order valence-electron chi connectivity index (χ2n) is 9.48.